The van der Waals surface area contributed by atoms with Crippen LogP contribution in [-0.2, 0) is 76.8 Å². The molecule has 4 aromatic rings. The molecule has 12 amide bonds. The van der Waals surface area contributed by atoms with Crippen LogP contribution in [0.1, 0.15) is 157 Å². The van der Waals surface area contributed by atoms with Crippen LogP contribution in [0.15, 0.2) is 115 Å². The first-order valence-electron chi connectivity index (χ1n) is 37.2. The molecule has 1 heterocycles. The topological polar surface area (TPSA) is 510 Å². The van der Waals surface area contributed by atoms with Crippen LogP contribution >= 0.6 is 0 Å². The van der Waals surface area contributed by atoms with Gasteiger partial charge in [0.1, 0.15) is 71.2 Å². The second kappa shape index (κ2) is 44.6. The minimum absolute atomic E-state index is 0.00724. The Bertz CT molecular complexity index is 3770. The highest BCUT2D eigenvalue weighted by Crippen LogP contribution is 2.23. The highest BCUT2D eigenvalue weighted by Gasteiger charge is 2.42. The lowest BCUT2D eigenvalue weighted by atomic mass is 9.91. The maximum atomic E-state index is 15.1. The van der Waals surface area contributed by atoms with E-state index in [4.69, 9.17) is 22.9 Å². The van der Waals surface area contributed by atoms with Crippen LogP contribution < -0.4 is 81.4 Å². The number of nitrogens with two attached hydrogens (primary N) is 4. The van der Waals surface area contributed by atoms with Crippen LogP contribution in [0.25, 0.3) is 10.9 Å². The fraction of sp³-hybridized carbons (Fsp3) is 0.526. The van der Waals surface area contributed by atoms with Gasteiger partial charge < -0.3 is 96.6 Å². The number of aliphatic imine (C=N–C) groups is 1. The van der Waals surface area contributed by atoms with Gasteiger partial charge in [-0.2, -0.15) is 0 Å². The Morgan fingerprint density at radius 1 is 0.550 bits per heavy atom. The highest BCUT2D eigenvalue weighted by molar-refractivity contribution is 6.01. The largest absolute Gasteiger partial charge is 0.508 e. The summed E-state index contributed by atoms with van der Waals surface area (Å²) in [5.74, 6) is -10.9. The number of aromatic hydroxyl groups is 1. The fourth-order valence-electron chi connectivity index (χ4n) is 12.0. The zero-order chi connectivity index (χ0) is 81.3. The minimum Gasteiger partial charge on any atom is -0.508 e. The molecule has 13 atom stereocenters. The van der Waals surface area contributed by atoms with Gasteiger partial charge in [-0.15, -0.1) is 13.2 Å². The van der Waals surface area contributed by atoms with Crippen LogP contribution in [0, 0.1) is 17.8 Å². The van der Waals surface area contributed by atoms with Gasteiger partial charge in [-0.1, -0.05) is 121 Å². The molecule has 0 spiro atoms. The normalized spacial score (nSPS) is 15.4. The maximum Gasteiger partial charge on any atom is 0.246 e. The Morgan fingerprint density at radius 3 is 1.61 bits per heavy atom. The first-order valence-corrected chi connectivity index (χ1v) is 37.2. The summed E-state index contributed by atoms with van der Waals surface area (Å²) in [4.78, 5) is 178. The lowest BCUT2D eigenvalue weighted by molar-refractivity contribution is -0.139. The van der Waals surface area contributed by atoms with Gasteiger partial charge in [-0.05, 0) is 145 Å². The van der Waals surface area contributed by atoms with Gasteiger partial charge in [0, 0.05) is 42.9 Å². The van der Waals surface area contributed by atoms with Gasteiger partial charge in [0.25, 0.3) is 0 Å². The molecule has 0 fully saturated rings. The van der Waals surface area contributed by atoms with E-state index in [1.165, 1.54) is 52.0 Å². The number of carbonyl (C=O) groups is 12. The molecule has 31 heteroatoms. The van der Waals surface area contributed by atoms with E-state index in [9.17, 15) is 58.2 Å². The molecule has 598 valence electrons. The monoisotopic (exact) mass is 1520 g/mol. The number of aliphatic hydroxyl groups is 1. The van der Waals surface area contributed by atoms with Crippen LogP contribution in [0.4, 0.5) is 0 Å². The zero-order valence-electron chi connectivity index (χ0n) is 64.5. The smallest absolute Gasteiger partial charge is 0.246 e. The van der Waals surface area contributed by atoms with E-state index >= 15 is 9.59 Å². The fourth-order valence-corrected chi connectivity index (χ4v) is 12.0. The Balaban J connectivity index is 1.60. The van der Waals surface area contributed by atoms with E-state index in [0.717, 1.165) is 10.9 Å². The first kappa shape index (κ1) is 90.7. The number of phenolic OH excluding ortho intramolecular Hbond substituents is 1. The molecule has 0 aliphatic carbocycles. The molecule has 0 aliphatic rings. The van der Waals surface area contributed by atoms with Gasteiger partial charge >= 0.3 is 0 Å². The Labute approximate surface area is 638 Å². The van der Waals surface area contributed by atoms with E-state index in [1.807, 2.05) is 52.0 Å². The number of nitrogens with zero attached hydrogens (tertiary/aromatic N) is 1. The number of H-pyrrole nitrogens is 1. The van der Waals surface area contributed by atoms with Gasteiger partial charge in [0.2, 0.25) is 70.9 Å². The number of hydrogen-bond donors (Lipinski definition) is 18. The van der Waals surface area contributed by atoms with Crippen LogP contribution in [0.2, 0.25) is 0 Å². The molecule has 0 aliphatic heterocycles. The lowest BCUT2D eigenvalue weighted by Crippen LogP contribution is -2.65. The number of phenols is 1. The number of allylic oxidation sites excluding steroid dienone is 2. The molecule has 31 nitrogen and oxygen atoms in total. The molecule has 0 saturated carbocycles. The SMILES string of the molecule is C=CCCC[C@](C)(NC(=O)[C@H](CC(C)C)NC(=O)[C@@H](NC(=O)[C@H](CC(C)C)NC(=O)[C@](C)(CCCC=C)NC(=O)[C@H](Cc1ccccc1)NC(=O)[C@H](Cc1ccc(O)cc1)NC(=O)[C@H](C)NC(=O)[C@@H](N)[C@@H](C)O)[C@@H](C)CC)C(=O)NCC(=O)N[C@@H](CCCN=C(N)N)C(=O)N[C@@H](Cc1c[nH]c2ccccc12)C(N)=O. The molecule has 0 unspecified atom stereocenters. The number of carbonyl (C=O) groups excluding carboxylic acids is 12. The second-order valence-electron chi connectivity index (χ2n) is 29.2. The van der Waals surface area contributed by atoms with Gasteiger partial charge in [-0.25, -0.2) is 0 Å². The maximum absolute atomic E-state index is 15.1. The number of benzene rings is 3. The molecule has 0 radical (unpaired) electrons. The van der Waals surface area contributed by atoms with Crippen LogP contribution in [0.3, 0.4) is 0 Å². The van der Waals surface area contributed by atoms with E-state index in [-0.39, 0.29) is 87.9 Å². The Hall–Kier alpha value is -10.7. The summed E-state index contributed by atoms with van der Waals surface area (Å²) < 4.78 is 0. The predicted molar refractivity (Wildman–Crippen MR) is 416 cm³/mol. The van der Waals surface area contributed by atoms with Gasteiger partial charge in [0.15, 0.2) is 5.96 Å². The zero-order valence-corrected chi connectivity index (χ0v) is 64.5. The number of guanidine groups is 1. The van der Waals surface area contributed by atoms with E-state index in [1.54, 1.807) is 62.5 Å². The molecular weight excluding hydrogens is 1400 g/mol. The number of para-hydroxylation sites is 1. The number of aliphatic hydroxyl groups excluding tert-OH is 1. The van der Waals surface area contributed by atoms with Crippen molar-refractivity contribution in [1.82, 2.24) is 63.5 Å². The van der Waals surface area contributed by atoms with Crippen LogP contribution in [0.5, 0.6) is 5.75 Å². The lowest BCUT2D eigenvalue weighted by Gasteiger charge is -2.35. The average Bonchev–Trinajstić information content (AvgIpc) is 1.72. The van der Waals surface area contributed by atoms with Crippen molar-refractivity contribution < 1.29 is 67.7 Å². The van der Waals surface area contributed by atoms with Crippen molar-refractivity contribution in [3.63, 3.8) is 0 Å². The number of unbranched alkanes of at least 4 members (excludes halogenated alkanes) is 2. The molecule has 1 aromatic heterocycles. The summed E-state index contributed by atoms with van der Waals surface area (Å²) in [6.45, 7) is 23.4. The van der Waals surface area contributed by atoms with E-state index in [2.05, 4.69) is 81.6 Å². The van der Waals surface area contributed by atoms with Crippen molar-refractivity contribution >= 4 is 87.7 Å². The Morgan fingerprint density at radius 2 is 1.06 bits per heavy atom. The second-order valence-corrected chi connectivity index (χ2v) is 29.2. The molecule has 3 aromatic carbocycles. The van der Waals surface area contributed by atoms with Crippen LogP contribution in [-0.4, -0.2) is 177 Å². The number of hydrogen-bond acceptors (Lipinski definition) is 16. The quantitative estimate of drug-likeness (QED) is 0.0130. The van der Waals surface area contributed by atoms with Gasteiger partial charge in [-0.3, -0.25) is 62.5 Å². The third-order valence-electron chi connectivity index (χ3n) is 18.7. The van der Waals surface area contributed by atoms with E-state index < -0.39 is 155 Å². The third-order valence-corrected chi connectivity index (χ3v) is 18.7. The molecule has 109 heavy (non-hydrogen) atoms. The molecule has 0 saturated heterocycles. The summed E-state index contributed by atoms with van der Waals surface area (Å²) in [6.07, 6.45) is 5.55. The summed E-state index contributed by atoms with van der Waals surface area (Å²) >= 11 is 0. The summed E-state index contributed by atoms with van der Waals surface area (Å²) in [6, 6.07) is 9.98. The van der Waals surface area contributed by atoms with Crippen molar-refractivity contribution in [2.75, 3.05) is 13.1 Å². The number of amides is 12. The summed E-state index contributed by atoms with van der Waals surface area (Å²) in [5.41, 5.74) is 21.7. The number of nitrogens with one attached hydrogen (secondary N) is 12. The van der Waals surface area contributed by atoms with Gasteiger partial charge in [0.05, 0.1) is 12.6 Å². The number of aromatic amines is 1. The van der Waals surface area contributed by atoms with Crippen molar-refractivity contribution in [3.05, 3.63) is 127 Å². The molecule has 4 rings (SSSR count). The van der Waals surface area contributed by atoms with Crippen molar-refractivity contribution in [2.24, 2.45) is 45.7 Å². The molecule has 0 bridgehead atoms. The Kier molecular flexibility index (Phi) is 37.1. The molecule has 22 N–H and O–H groups in total. The highest BCUT2D eigenvalue weighted by atomic mass is 16.3. The van der Waals surface area contributed by atoms with E-state index in [0.29, 0.717) is 48.8 Å². The average molecular weight is 1520 g/mol. The number of primary amides is 1. The van der Waals surface area contributed by atoms with Crippen molar-refractivity contribution in [2.45, 2.75) is 231 Å². The summed E-state index contributed by atoms with van der Waals surface area (Å²) in [7, 11) is 0. The van der Waals surface area contributed by atoms with Crippen molar-refractivity contribution in [1.29, 1.82) is 0 Å². The first-order chi connectivity index (χ1) is 51.4. The number of fused-ring (bicyclic) bond motifs is 1. The minimum atomic E-state index is -1.81. The number of rotatable bonds is 48. The summed E-state index contributed by atoms with van der Waals surface area (Å²) in [5, 5.41) is 50.8. The van der Waals surface area contributed by atoms with Crippen molar-refractivity contribution in [3.8, 4) is 5.75 Å². The third kappa shape index (κ3) is 30.1. The predicted octanol–water partition coefficient (Wildman–Crippen LogP) is 1.76. The standard InChI is InChI=1S/C78H117N17O14/c1-13-16-23-35-77(11,74(108)85-44-62(98)87-56(30-25-37-83-76(81)82)67(101)88-57(65(80)99)42-52-43-84-55-29-22-21-28-54(52)55)94-70(104)59(39-46(6)7)91-73(107)64(47(8)15-3)93-69(103)58(38-45(4)5)92-75(109)78(12,36-24-17-14-2)95-71(105)61(40-50-26-19-18-20-27-50)90-68(102)60(41-51-31-33-53(97)34-32-51)89-66(100)48(9)86-72(106)63(79)49(10)96/h13-14,18-22,26-29,31-34,43,45-49,56-61,63-64,84,96-97H,1-2,15-17,23-25,30,35-42,44,79H2,3-12H3,(H2,80,99)(H,85,108)(H,86,106)(H,87,98)(H,88,101)(H,89,100)(H,90,102)(H,91,107)(H,92,109)(H,93,103)(H,94,104)(H,95,105)(H4,81,82,83)/t47-,48-,49+,56-,57-,58-,59-,60-,61-,63-,64-,77-,78-/m0/s1. The molecular formula is C78H117N17O14. The number of aromatic nitrogens is 1.